The summed E-state index contributed by atoms with van der Waals surface area (Å²) in [5, 5.41) is 7.87. The molecule has 1 aromatic carbocycles. The lowest BCUT2D eigenvalue weighted by molar-refractivity contribution is -0.351. The lowest BCUT2D eigenvalue weighted by Gasteiger charge is -2.47. The van der Waals surface area contributed by atoms with Crippen molar-refractivity contribution in [2.75, 3.05) is 25.0 Å². The highest BCUT2D eigenvalue weighted by molar-refractivity contribution is 7.17. The van der Waals surface area contributed by atoms with Gasteiger partial charge in [0, 0.05) is 35.8 Å². The number of aromatic nitrogens is 3. The Bertz CT molecular complexity index is 1670. The summed E-state index contributed by atoms with van der Waals surface area (Å²) in [7, 11) is 1.63. The number of imide groups is 1. The molecule has 13 heteroatoms. The van der Waals surface area contributed by atoms with E-state index in [-0.39, 0.29) is 29.3 Å². The maximum absolute atomic E-state index is 13.4. The number of fused-ring (bicyclic) bond motifs is 2. The van der Waals surface area contributed by atoms with E-state index in [9.17, 15) is 22.8 Å². The molecule has 208 valence electrons. The smallest absolute Gasteiger partial charge is 0.360 e. The number of carbonyl (C=O) groups is 2. The fraction of sp³-hybridized carbons (Fsp3) is 0.333. The summed E-state index contributed by atoms with van der Waals surface area (Å²) < 4.78 is 45.7. The van der Waals surface area contributed by atoms with Crippen molar-refractivity contribution in [3.63, 3.8) is 0 Å². The topological polar surface area (TPSA) is 112 Å². The van der Waals surface area contributed by atoms with Crippen LogP contribution in [-0.4, -0.2) is 64.9 Å². The molecule has 0 spiro atoms. The number of hydrogen-bond donors (Lipinski definition) is 3. The molecule has 4 aromatic rings. The number of alkyl halides is 3. The summed E-state index contributed by atoms with van der Waals surface area (Å²) in [5.41, 5.74) is 1.53. The number of likely N-dealkylation sites (N-methyl/N-ethyl adjacent to an activating group) is 1. The van der Waals surface area contributed by atoms with Crippen molar-refractivity contribution in [2.24, 2.45) is 0 Å². The van der Waals surface area contributed by atoms with E-state index in [0.717, 1.165) is 10.2 Å². The standard InChI is InChI=1S/C27H25F3N6O3S/c1-3-26(31-2)9-10-36(13-18(26)39-27(28,29)30)25-33-16-7-5-4-6-14(16)21(34-25)20-19(23(37)35-24(20)38)15-12-32-17-8-11-40-22(15)17/h4-8,11-12,18,31-32H,3,9-10,13H2,1-2H3,(H,35,37,38). The Hall–Kier alpha value is -3.81. The molecule has 1 saturated heterocycles. The molecule has 3 aromatic heterocycles. The molecule has 2 amide bonds. The molecular formula is C27H25F3N6O3S. The monoisotopic (exact) mass is 570 g/mol. The number of rotatable bonds is 6. The number of amides is 2. The average Bonchev–Trinajstić information content (AvgIpc) is 3.62. The van der Waals surface area contributed by atoms with Crippen molar-refractivity contribution < 1.29 is 27.5 Å². The summed E-state index contributed by atoms with van der Waals surface area (Å²) >= 11 is 1.44. The molecule has 40 heavy (non-hydrogen) atoms. The van der Waals surface area contributed by atoms with Crippen molar-refractivity contribution in [3.05, 3.63) is 53.2 Å². The second-order valence-electron chi connectivity index (χ2n) is 9.80. The normalized spacial score (nSPS) is 22.1. The van der Waals surface area contributed by atoms with Gasteiger partial charge in [-0.3, -0.25) is 19.6 Å². The molecule has 0 aliphatic carbocycles. The summed E-state index contributed by atoms with van der Waals surface area (Å²) in [5.74, 6) is -0.991. The Labute approximate surface area is 230 Å². The van der Waals surface area contributed by atoms with Gasteiger partial charge in [-0.2, -0.15) is 0 Å². The van der Waals surface area contributed by atoms with Crippen molar-refractivity contribution >= 4 is 61.4 Å². The van der Waals surface area contributed by atoms with Crippen LogP contribution in [-0.2, 0) is 14.3 Å². The van der Waals surface area contributed by atoms with Crippen molar-refractivity contribution in [1.82, 2.24) is 25.6 Å². The van der Waals surface area contributed by atoms with Crippen LogP contribution in [0.2, 0.25) is 0 Å². The van der Waals surface area contributed by atoms with E-state index in [4.69, 9.17) is 4.98 Å². The van der Waals surface area contributed by atoms with E-state index in [1.165, 1.54) is 11.3 Å². The van der Waals surface area contributed by atoms with E-state index >= 15 is 0 Å². The third kappa shape index (κ3) is 4.34. The number of para-hydroxylation sites is 1. The number of piperidine rings is 1. The quantitative estimate of drug-likeness (QED) is 0.298. The third-order valence-electron chi connectivity index (χ3n) is 7.83. The van der Waals surface area contributed by atoms with E-state index in [1.807, 2.05) is 18.4 Å². The minimum atomic E-state index is -4.83. The number of halogens is 3. The van der Waals surface area contributed by atoms with Gasteiger partial charge in [0.2, 0.25) is 5.95 Å². The van der Waals surface area contributed by atoms with Crippen molar-refractivity contribution in [3.8, 4) is 0 Å². The molecule has 6 rings (SSSR count). The Kier molecular flexibility index (Phi) is 6.39. The second-order valence-corrected chi connectivity index (χ2v) is 10.7. The Morgan fingerprint density at radius 3 is 2.70 bits per heavy atom. The van der Waals surface area contributed by atoms with Gasteiger partial charge in [-0.15, -0.1) is 24.5 Å². The Balaban J connectivity index is 1.50. The lowest BCUT2D eigenvalue weighted by atomic mass is 9.82. The van der Waals surface area contributed by atoms with Gasteiger partial charge in [-0.1, -0.05) is 25.1 Å². The van der Waals surface area contributed by atoms with E-state index in [2.05, 4.69) is 25.3 Å². The number of hydrogen-bond acceptors (Lipinski definition) is 8. The number of ether oxygens (including phenoxy) is 1. The molecule has 3 N–H and O–H groups in total. The summed E-state index contributed by atoms with van der Waals surface area (Å²) in [6, 6.07) is 8.92. The van der Waals surface area contributed by atoms with Crippen LogP contribution in [0, 0.1) is 0 Å². The maximum Gasteiger partial charge on any atom is 0.522 e. The molecule has 0 saturated carbocycles. The van der Waals surface area contributed by atoms with Crippen LogP contribution < -0.4 is 15.5 Å². The van der Waals surface area contributed by atoms with Crippen LogP contribution >= 0.6 is 11.3 Å². The van der Waals surface area contributed by atoms with Gasteiger partial charge in [-0.05, 0) is 37.4 Å². The third-order valence-corrected chi connectivity index (χ3v) is 8.78. The van der Waals surface area contributed by atoms with Crippen molar-refractivity contribution in [1.29, 1.82) is 0 Å². The molecule has 9 nitrogen and oxygen atoms in total. The molecular weight excluding hydrogens is 545 g/mol. The number of thiophene rings is 1. The van der Waals surface area contributed by atoms with Gasteiger partial charge in [-0.25, -0.2) is 9.97 Å². The zero-order valence-electron chi connectivity index (χ0n) is 21.6. The molecule has 2 atom stereocenters. The number of H-pyrrole nitrogens is 1. The zero-order chi connectivity index (χ0) is 28.2. The minimum absolute atomic E-state index is 0.0948. The minimum Gasteiger partial charge on any atom is -0.360 e. The van der Waals surface area contributed by atoms with Crippen LogP contribution in [0.1, 0.15) is 31.0 Å². The van der Waals surface area contributed by atoms with Gasteiger partial charge in [0.15, 0.2) is 0 Å². The highest BCUT2D eigenvalue weighted by Gasteiger charge is 2.48. The number of benzene rings is 1. The summed E-state index contributed by atoms with van der Waals surface area (Å²) in [6.45, 7) is 2.05. The first-order valence-electron chi connectivity index (χ1n) is 12.7. The first kappa shape index (κ1) is 26.4. The number of anilines is 1. The van der Waals surface area contributed by atoms with Gasteiger partial charge < -0.3 is 15.2 Å². The number of nitrogens with one attached hydrogen (secondary N) is 3. The van der Waals surface area contributed by atoms with Gasteiger partial charge >= 0.3 is 6.36 Å². The average molecular weight is 571 g/mol. The van der Waals surface area contributed by atoms with Crippen LogP contribution in [0.3, 0.4) is 0 Å². The largest absolute Gasteiger partial charge is 0.522 e. The molecule has 2 unspecified atom stereocenters. The first-order chi connectivity index (χ1) is 19.1. The highest BCUT2D eigenvalue weighted by Crippen LogP contribution is 2.39. The second kappa shape index (κ2) is 9.68. The van der Waals surface area contributed by atoms with Crippen molar-refractivity contribution in [2.45, 2.75) is 37.8 Å². The highest BCUT2D eigenvalue weighted by atomic mass is 32.1. The SMILES string of the molecule is CCC1(NC)CCN(c2nc(C3=C(c4c[nH]c5ccsc45)C(=O)NC3=O)c3ccccc3n2)CC1OC(F)(F)F. The predicted octanol–water partition coefficient (Wildman–Crippen LogP) is 4.22. The zero-order valence-corrected chi connectivity index (χ0v) is 22.4. The van der Waals surface area contributed by atoms with Crippen LogP contribution in [0.25, 0.3) is 32.3 Å². The van der Waals surface area contributed by atoms with E-state index in [1.54, 1.807) is 42.4 Å². The molecule has 5 heterocycles. The summed E-state index contributed by atoms with van der Waals surface area (Å²) in [6.07, 6.45) is -3.60. The van der Waals surface area contributed by atoms with Crippen LogP contribution in [0.5, 0.6) is 0 Å². The van der Waals surface area contributed by atoms with Crippen LogP contribution in [0.4, 0.5) is 19.1 Å². The fourth-order valence-corrected chi connectivity index (χ4v) is 6.57. The Morgan fingerprint density at radius 1 is 1.18 bits per heavy atom. The molecule has 0 radical (unpaired) electrons. The van der Waals surface area contributed by atoms with Gasteiger partial charge in [0.1, 0.15) is 6.10 Å². The molecule has 2 aliphatic rings. The first-order valence-corrected chi connectivity index (χ1v) is 13.6. The Morgan fingerprint density at radius 2 is 1.95 bits per heavy atom. The number of nitrogens with zero attached hydrogens (tertiary/aromatic N) is 3. The number of aromatic amines is 1. The molecule has 1 fully saturated rings. The molecule has 0 bridgehead atoms. The van der Waals surface area contributed by atoms with Crippen LogP contribution in [0.15, 0.2) is 41.9 Å². The predicted molar refractivity (Wildman–Crippen MR) is 146 cm³/mol. The summed E-state index contributed by atoms with van der Waals surface area (Å²) in [4.78, 5) is 40.5. The number of carbonyl (C=O) groups excluding carboxylic acids is 2. The maximum atomic E-state index is 13.4. The fourth-order valence-electron chi connectivity index (χ4n) is 5.69. The van der Waals surface area contributed by atoms with E-state index in [0.29, 0.717) is 35.9 Å². The lowest BCUT2D eigenvalue weighted by Crippen LogP contribution is -2.63. The van der Waals surface area contributed by atoms with Gasteiger partial charge in [0.05, 0.1) is 32.6 Å². The van der Waals surface area contributed by atoms with Gasteiger partial charge in [0.25, 0.3) is 11.8 Å². The van der Waals surface area contributed by atoms with E-state index < -0.39 is 29.8 Å². The molecule has 2 aliphatic heterocycles.